The van der Waals surface area contributed by atoms with Gasteiger partial charge in [0.05, 0.1) is 15.6 Å². The summed E-state index contributed by atoms with van der Waals surface area (Å²) in [4.78, 5) is 0.231. The Morgan fingerprint density at radius 2 is 1.71 bits per heavy atom. The molecular weight excluding hydrogens is 306 g/mol. The van der Waals surface area contributed by atoms with Gasteiger partial charge in [-0.05, 0) is 42.2 Å². The average Bonchev–Trinajstić information content (AvgIpc) is 2.49. The summed E-state index contributed by atoms with van der Waals surface area (Å²) < 4.78 is 27.2. The third-order valence-corrected chi connectivity index (χ3v) is 5.20. The van der Waals surface area contributed by atoms with Crippen molar-refractivity contribution in [2.24, 2.45) is 0 Å². The zero-order chi connectivity index (χ0) is 15.5. The largest absolute Gasteiger partial charge is 0.278 e. The van der Waals surface area contributed by atoms with Crippen LogP contribution in [0.1, 0.15) is 31.7 Å². The van der Waals surface area contributed by atoms with Crippen molar-refractivity contribution in [2.45, 2.75) is 31.1 Å². The molecule has 0 aliphatic carbocycles. The standard InChI is InChI=1S/C16H18ClNO2S/c1-3-12(2)13-8-10-14(11-9-13)21(19,20)18-16-7-5-4-6-15(16)17/h4-12,18H,3H2,1-2H3/t12-/m1/s1. The Balaban J connectivity index is 2.26. The number of nitrogens with one attached hydrogen (secondary N) is 1. The predicted octanol–water partition coefficient (Wildman–Crippen LogP) is 4.65. The second kappa shape index (κ2) is 6.50. The molecule has 112 valence electrons. The van der Waals surface area contributed by atoms with Crippen LogP contribution in [0.3, 0.4) is 0 Å². The van der Waals surface area contributed by atoms with E-state index < -0.39 is 10.0 Å². The van der Waals surface area contributed by atoms with Crippen molar-refractivity contribution in [2.75, 3.05) is 4.72 Å². The van der Waals surface area contributed by atoms with Gasteiger partial charge < -0.3 is 0 Å². The topological polar surface area (TPSA) is 46.2 Å². The number of sulfonamides is 1. The maximum absolute atomic E-state index is 12.3. The van der Waals surface area contributed by atoms with E-state index in [2.05, 4.69) is 18.6 Å². The van der Waals surface area contributed by atoms with Crippen molar-refractivity contribution in [1.29, 1.82) is 0 Å². The van der Waals surface area contributed by atoms with Gasteiger partial charge in [0.1, 0.15) is 0 Å². The molecule has 1 atom stereocenters. The minimum atomic E-state index is -3.62. The van der Waals surface area contributed by atoms with Gasteiger partial charge in [-0.1, -0.05) is 49.7 Å². The highest BCUT2D eigenvalue weighted by Crippen LogP contribution is 2.25. The van der Waals surface area contributed by atoms with E-state index in [0.717, 1.165) is 12.0 Å². The number of hydrogen-bond acceptors (Lipinski definition) is 2. The lowest BCUT2D eigenvalue weighted by Gasteiger charge is -2.12. The van der Waals surface area contributed by atoms with Crippen molar-refractivity contribution in [3.05, 3.63) is 59.1 Å². The van der Waals surface area contributed by atoms with Gasteiger partial charge in [-0.15, -0.1) is 0 Å². The van der Waals surface area contributed by atoms with Gasteiger partial charge in [0.25, 0.3) is 10.0 Å². The summed E-state index contributed by atoms with van der Waals surface area (Å²) in [6.45, 7) is 4.22. The highest BCUT2D eigenvalue weighted by Gasteiger charge is 2.16. The number of halogens is 1. The maximum Gasteiger partial charge on any atom is 0.261 e. The molecule has 0 radical (unpaired) electrons. The zero-order valence-electron chi connectivity index (χ0n) is 12.0. The molecule has 0 heterocycles. The van der Waals surface area contributed by atoms with E-state index in [0.29, 0.717) is 16.6 Å². The first-order valence-electron chi connectivity index (χ1n) is 6.81. The quantitative estimate of drug-likeness (QED) is 0.870. The summed E-state index contributed by atoms with van der Waals surface area (Å²) in [5.41, 5.74) is 1.51. The zero-order valence-corrected chi connectivity index (χ0v) is 13.6. The Labute approximate surface area is 131 Å². The van der Waals surface area contributed by atoms with E-state index in [1.165, 1.54) is 0 Å². The summed E-state index contributed by atoms with van der Waals surface area (Å²) in [5.74, 6) is 0.415. The van der Waals surface area contributed by atoms with Crippen LogP contribution in [0.25, 0.3) is 0 Å². The smallest absolute Gasteiger partial charge is 0.261 e. The summed E-state index contributed by atoms with van der Waals surface area (Å²) in [6, 6.07) is 13.7. The van der Waals surface area contributed by atoms with Crippen LogP contribution >= 0.6 is 11.6 Å². The Bertz CT molecular complexity index is 711. The van der Waals surface area contributed by atoms with Gasteiger partial charge in [0, 0.05) is 0 Å². The second-order valence-electron chi connectivity index (χ2n) is 4.96. The normalized spacial score (nSPS) is 12.9. The molecule has 0 saturated carbocycles. The van der Waals surface area contributed by atoms with Crippen molar-refractivity contribution >= 4 is 27.3 Å². The molecule has 1 N–H and O–H groups in total. The summed E-state index contributed by atoms with van der Waals surface area (Å²) in [5, 5.41) is 0.373. The molecule has 0 unspecified atom stereocenters. The van der Waals surface area contributed by atoms with Crippen molar-refractivity contribution in [3.63, 3.8) is 0 Å². The van der Waals surface area contributed by atoms with Gasteiger partial charge >= 0.3 is 0 Å². The van der Waals surface area contributed by atoms with Crippen LogP contribution < -0.4 is 4.72 Å². The summed E-state index contributed by atoms with van der Waals surface area (Å²) in [6.07, 6.45) is 1.02. The molecule has 2 rings (SSSR count). The number of para-hydroxylation sites is 1. The molecule has 0 amide bonds. The number of benzene rings is 2. The predicted molar refractivity (Wildman–Crippen MR) is 87.4 cm³/mol. The van der Waals surface area contributed by atoms with Gasteiger partial charge in [-0.2, -0.15) is 0 Å². The molecule has 0 aromatic heterocycles. The highest BCUT2D eigenvalue weighted by atomic mass is 35.5. The van der Waals surface area contributed by atoms with E-state index in [1.54, 1.807) is 36.4 Å². The molecular formula is C16H18ClNO2S. The lowest BCUT2D eigenvalue weighted by Crippen LogP contribution is -2.13. The van der Waals surface area contributed by atoms with Crippen molar-refractivity contribution in [1.82, 2.24) is 0 Å². The average molecular weight is 324 g/mol. The molecule has 2 aromatic carbocycles. The molecule has 3 nitrogen and oxygen atoms in total. The molecule has 2 aromatic rings. The van der Waals surface area contributed by atoms with Crippen LogP contribution in [0.5, 0.6) is 0 Å². The number of anilines is 1. The van der Waals surface area contributed by atoms with Crippen molar-refractivity contribution < 1.29 is 8.42 Å². The van der Waals surface area contributed by atoms with Crippen LogP contribution in [-0.4, -0.2) is 8.42 Å². The molecule has 0 aliphatic rings. The first-order valence-corrected chi connectivity index (χ1v) is 8.67. The van der Waals surface area contributed by atoms with Crippen LogP contribution in [0, 0.1) is 0 Å². The fraction of sp³-hybridized carbons (Fsp3) is 0.250. The molecule has 0 aliphatic heterocycles. The van der Waals surface area contributed by atoms with Gasteiger partial charge in [-0.3, -0.25) is 4.72 Å². The molecule has 0 spiro atoms. The van der Waals surface area contributed by atoms with E-state index >= 15 is 0 Å². The molecule has 5 heteroatoms. The molecule has 0 bridgehead atoms. The SMILES string of the molecule is CC[C@@H](C)c1ccc(S(=O)(=O)Nc2ccccc2Cl)cc1. The van der Waals surface area contributed by atoms with Gasteiger partial charge in [0.2, 0.25) is 0 Å². The third-order valence-electron chi connectivity index (χ3n) is 3.49. The molecule has 0 saturated heterocycles. The van der Waals surface area contributed by atoms with Crippen LogP contribution in [-0.2, 0) is 10.0 Å². The van der Waals surface area contributed by atoms with E-state index in [9.17, 15) is 8.42 Å². The van der Waals surface area contributed by atoms with Crippen LogP contribution in [0.4, 0.5) is 5.69 Å². The number of rotatable bonds is 5. The monoisotopic (exact) mass is 323 g/mol. The fourth-order valence-electron chi connectivity index (χ4n) is 1.96. The van der Waals surface area contributed by atoms with E-state index in [4.69, 9.17) is 11.6 Å². The minimum Gasteiger partial charge on any atom is -0.278 e. The second-order valence-corrected chi connectivity index (χ2v) is 7.05. The Morgan fingerprint density at radius 1 is 1.10 bits per heavy atom. The van der Waals surface area contributed by atoms with Gasteiger partial charge in [0.15, 0.2) is 0 Å². The van der Waals surface area contributed by atoms with Crippen molar-refractivity contribution in [3.8, 4) is 0 Å². The lowest BCUT2D eigenvalue weighted by molar-refractivity contribution is 0.601. The maximum atomic E-state index is 12.3. The molecule has 21 heavy (non-hydrogen) atoms. The summed E-state index contributed by atoms with van der Waals surface area (Å²) >= 11 is 5.98. The third kappa shape index (κ3) is 3.77. The summed E-state index contributed by atoms with van der Waals surface area (Å²) in [7, 11) is -3.62. The van der Waals surface area contributed by atoms with Crippen LogP contribution in [0.15, 0.2) is 53.4 Å². The van der Waals surface area contributed by atoms with E-state index in [-0.39, 0.29) is 4.90 Å². The first-order chi connectivity index (χ1) is 9.94. The Morgan fingerprint density at radius 3 is 2.29 bits per heavy atom. The minimum absolute atomic E-state index is 0.231. The highest BCUT2D eigenvalue weighted by molar-refractivity contribution is 7.92. The van der Waals surface area contributed by atoms with E-state index in [1.807, 2.05) is 12.1 Å². The lowest BCUT2D eigenvalue weighted by atomic mass is 9.99. The Hall–Kier alpha value is -1.52. The number of hydrogen-bond donors (Lipinski definition) is 1. The molecule has 0 fully saturated rings. The Kier molecular flexibility index (Phi) is 4.91. The fourth-order valence-corrected chi connectivity index (χ4v) is 3.28. The van der Waals surface area contributed by atoms with Gasteiger partial charge in [-0.25, -0.2) is 8.42 Å². The first kappa shape index (κ1) is 15.9. The van der Waals surface area contributed by atoms with Crippen LogP contribution in [0.2, 0.25) is 5.02 Å².